The van der Waals surface area contributed by atoms with Crippen LogP contribution in [-0.2, 0) is 19.5 Å². The molecule has 9 heteroatoms. The second-order valence-corrected chi connectivity index (χ2v) is 7.77. The molecule has 8 nitrogen and oxygen atoms in total. The molecule has 0 radical (unpaired) electrons. The van der Waals surface area contributed by atoms with Gasteiger partial charge < -0.3 is 19.7 Å². The first-order valence-electron chi connectivity index (χ1n) is 8.56. The van der Waals surface area contributed by atoms with Crippen molar-refractivity contribution in [2.45, 2.75) is 32.3 Å². The van der Waals surface area contributed by atoms with Gasteiger partial charge in [-0.05, 0) is 26.2 Å². The fraction of sp³-hybridized carbons (Fsp3) is 0.933. The summed E-state index contributed by atoms with van der Waals surface area (Å²) in [5.41, 5.74) is 0. The molecule has 0 saturated carbocycles. The largest absolute Gasteiger partial charge is 0.385 e. The van der Waals surface area contributed by atoms with E-state index in [1.54, 1.807) is 21.1 Å². The van der Waals surface area contributed by atoms with E-state index in [0.717, 1.165) is 51.5 Å². The van der Waals surface area contributed by atoms with Crippen LogP contribution in [0.25, 0.3) is 0 Å². The van der Waals surface area contributed by atoms with Gasteiger partial charge in [0.25, 0.3) is 0 Å². The topological polar surface area (TPSA) is 92.3 Å². The highest BCUT2D eigenvalue weighted by Crippen LogP contribution is 2.14. The molecule has 2 N–H and O–H groups in total. The number of guanidine groups is 1. The molecule has 142 valence electrons. The molecule has 1 heterocycles. The Morgan fingerprint density at radius 3 is 2.54 bits per heavy atom. The molecule has 0 spiro atoms. The summed E-state index contributed by atoms with van der Waals surface area (Å²) in [6, 6.07) is 0. The van der Waals surface area contributed by atoms with Gasteiger partial charge >= 0.3 is 0 Å². The van der Waals surface area contributed by atoms with Gasteiger partial charge in [0, 0.05) is 53.6 Å². The van der Waals surface area contributed by atoms with Crippen LogP contribution in [0, 0.1) is 0 Å². The summed E-state index contributed by atoms with van der Waals surface area (Å²) in [5, 5.41) is 3.20. The highest BCUT2D eigenvalue weighted by molar-refractivity contribution is 7.89. The predicted molar refractivity (Wildman–Crippen MR) is 95.9 cm³/mol. The van der Waals surface area contributed by atoms with Gasteiger partial charge in [-0.15, -0.1) is 0 Å². The molecular weight excluding hydrogens is 332 g/mol. The molecule has 24 heavy (non-hydrogen) atoms. The Morgan fingerprint density at radius 1 is 1.25 bits per heavy atom. The van der Waals surface area contributed by atoms with E-state index in [-0.39, 0.29) is 5.75 Å². The molecule has 0 amide bonds. The van der Waals surface area contributed by atoms with Crippen molar-refractivity contribution in [2.24, 2.45) is 4.99 Å². The number of rotatable bonds is 10. The first kappa shape index (κ1) is 21.1. The average Bonchev–Trinajstić information content (AvgIpc) is 2.59. The molecule has 1 aliphatic heterocycles. The van der Waals surface area contributed by atoms with Crippen LogP contribution in [-0.4, -0.2) is 84.7 Å². The number of nitrogens with zero attached hydrogens (tertiary/aromatic N) is 2. The molecule has 0 unspecified atom stereocenters. The quantitative estimate of drug-likeness (QED) is 0.323. The number of aliphatic imine (C=N–C) groups is 1. The standard InChI is InChI=1S/C15H32N4O4S/c1-4-24(20,21)18-9-8-17-15(16-2)19-10-6-14(7-11-19)23-13-5-12-22-3/h14,18H,4-13H2,1-3H3,(H,16,17). The summed E-state index contributed by atoms with van der Waals surface area (Å²) in [4.78, 5) is 6.46. The van der Waals surface area contributed by atoms with Crippen molar-refractivity contribution in [3.05, 3.63) is 0 Å². The lowest BCUT2D eigenvalue weighted by atomic mass is 10.1. The van der Waals surface area contributed by atoms with Gasteiger partial charge in [0.05, 0.1) is 11.9 Å². The van der Waals surface area contributed by atoms with Crippen molar-refractivity contribution in [1.29, 1.82) is 0 Å². The number of hydrogen-bond acceptors (Lipinski definition) is 5. The first-order chi connectivity index (χ1) is 11.5. The zero-order valence-corrected chi connectivity index (χ0v) is 15.9. The molecule has 0 bridgehead atoms. The zero-order valence-electron chi connectivity index (χ0n) is 15.1. The molecule has 0 aliphatic carbocycles. The molecule has 0 aromatic rings. The van der Waals surface area contributed by atoms with Crippen molar-refractivity contribution in [2.75, 3.05) is 59.3 Å². The van der Waals surface area contributed by atoms with E-state index in [9.17, 15) is 8.42 Å². The third-order valence-corrected chi connectivity index (χ3v) is 5.31. The molecule has 0 atom stereocenters. The maximum atomic E-state index is 11.4. The van der Waals surface area contributed by atoms with E-state index in [0.29, 0.717) is 19.2 Å². The SMILES string of the molecule is CCS(=O)(=O)NCCNC(=NC)N1CCC(OCCCOC)CC1. The maximum absolute atomic E-state index is 11.4. The minimum absolute atomic E-state index is 0.0968. The van der Waals surface area contributed by atoms with Gasteiger partial charge in [0.1, 0.15) is 0 Å². The van der Waals surface area contributed by atoms with E-state index >= 15 is 0 Å². The predicted octanol–water partition coefficient (Wildman–Crippen LogP) is 0.0186. The molecule has 1 rings (SSSR count). The van der Waals surface area contributed by atoms with E-state index in [1.807, 2.05) is 0 Å². The normalized spacial score (nSPS) is 17.3. The summed E-state index contributed by atoms with van der Waals surface area (Å²) in [6.07, 6.45) is 3.16. The van der Waals surface area contributed by atoms with Crippen molar-refractivity contribution in [1.82, 2.24) is 14.9 Å². The van der Waals surface area contributed by atoms with E-state index < -0.39 is 10.0 Å². The number of ether oxygens (including phenoxy) is 2. The number of hydrogen-bond donors (Lipinski definition) is 2. The Morgan fingerprint density at radius 2 is 1.96 bits per heavy atom. The Kier molecular flexibility index (Phi) is 10.2. The summed E-state index contributed by atoms with van der Waals surface area (Å²) >= 11 is 0. The maximum Gasteiger partial charge on any atom is 0.211 e. The zero-order chi connectivity index (χ0) is 17.8. The third kappa shape index (κ3) is 8.27. The highest BCUT2D eigenvalue weighted by atomic mass is 32.2. The third-order valence-electron chi connectivity index (χ3n) is 3.91. The van der Waals surface area contributed by atoms with Crippen LogP contribution in [0.4, 0.5) is 0 Å². The van der Waals surface area contributed by atoms with Gasteiger partial charge in [0.15, 0.2) is 5.96 Å². The van der Waals surface area contributed by atoms with Crippen LogP contribution < -0.4 is 10.0 Å². The number of methoxy groups -OCH3 is 1. The first-order valence-corrected chi connectivity index (χ1v) is 10.2. The number of likely N-dealkylation sites (tertiary alicyclic amines) is 1. The van der Waals surface area contributed by atoms with Crippen LogP contribution in [0.15, 0.2) is 4.99 Å². The minimum Gasteiger partial charge on any atom is -0.385 e. The van der Waals surface area contributed by atoms with Gasteiger partial charge in [-0.1, -0.05) is 0 Å². The van der Waals surface area contributed by atoms with Crippen LogP contribution in [0.2, 0.25) is 0 Å². The van der Waals surface area contributed by atoms with Gasteiger partial charge in [0.2, 0.25) is 10.0 Å². The number of sulfonamides is 1. The van der Waals surface area contributed by atoms with Crippen LogP contribution in [0.1, 0.15) is 26.2 Å². The Hall–Kier alpha value is -0.900. The van der Waals surface area contributed by atoms with Crippen molar-refractivity contribution in [3.8, 4) is 0 Å². The number of nitrogens with one attached hydrogen (secondary N) is 2. The lowest BCUT2D eigenvalue weighted by Gasteiger charge is -2.34. The Labute approximate surface area is 146 Å². The van der Waals surface area contributed by atoms with Gasteiger partial charge in [-0.25, -0.2) is 13.1 Å². The average molecular weight is 365 g/mol. The van der Waals surface area contributed by atoms with E-state index in [2.05, 4.69) is 19.9 Å². The second kappa shape index (κ2) is 11.6. The van der Waals surface area contributed by atoms with E-state index in [4.69, 9.17) is 9.47 Å². The van der Waals surface area contributed by atoms with Crippen molar-refractivity contribution < 1.29 is 17.9 Å². The highest BCUT2D eigenvalue weighted by Gasteiger charge is 2.21. The summed E-state index contributed by atoms with van der Waals surface area (Å²) in [5.74, 6) is 0.906. The molecule has 1 saturated heterocycles. The monoisotopic (exact) mass is 364 g/mol. The van der Waals surface area contributed by atoms with Crippen molar-refractivity contribution >= 4 is 16.0 Å². The fourth-order valence-electron chi connectivity index (χ4n) is 2.50. The minimum atomic E-state index is -3.14. The summed E-state index contributed by atoms with van der Waals surface area (Å²) < 4.78 is 36.2. The van der Waals surface area contributed by atoms with Crippen LogP contribution >= 0.6 is 0 Å². The molecule has 1 fully saturated rings. The van der Waals surface area contributed by atoms with Gasteiger partial charge in [-0.3, -0.25) is 4.99 Å². The lowest BCUT2D eigenvalue weighted by molar-refractivity contribution is 0.00992. The molecule has 1 aliphatic rings. The Balaban J connectivity index is 2.23. The van der Waals surface area contributed by atoms with Gasteiger partial charge in [-0.2, -0.15) is 0 Å². The smallest absolute Gasteiger partial charge is 0.211 e. The van der Waals surface area contributed by atoms with E-state index in [1.165, 1.54) is 0 Å². The summed E-state index contributed by atoms with van der Waals surface area (Å²) in [6.45, 7) is 5.73. The van der Waals surface area contributed by atoms with Crippen LogP contribution in [0.5, 0.6) is 0 Å². The number of piperidine rings is 1. The Bertz CT molecular complexity index is 462. The summed E-state index contributed by atoms with van der Waals surface area (Å²) in [7, 11) is 0.302. The second-order valence-electron chi connectivity index (χ2n) is 5.68. The van der Waals surface area contributed by atoms with Crippen LogP contribution in [0.3, 0.4) is 0 Å². The molecule has 0 aromatic heterocycles. The molecule has 0 aromatic carbocycles. The fourth-order valence-corrected chi connectivity index (χ4v) is 3.12. The molecular formula is C15H32N4O4S. The van der Waals surface area contributed by atoms with Crippen molar-refractivity contribution in [3.63, 3.8) is 0 Å². The lowest BCUT2D eigenvalue weighted by Crippen LogP contribution is -2.48.